The van der Waals surface area contributed by atoms with Crippen molar-refractivity contribution in [2.24, 2.45) is 0 Å². The van der Waals surface area contributed by atoms with Crippen LogP contribution in [0.15, 0.2) is 12.1 Å². The molecule has 1 aromatic rings. The molecule has 0 fully saturated rings. The third kappa shape index (κ3) is 1.73. The summed E-state index contributed by atoms with van der Waals surface area (Å²) in [5, 5.41) is 11.7. The number of nitrogens with zero attached hydrogens (tertiary/aromatic N) is 1. The minimum atomic E-state index is -2.43. The van der Waals surface area contributed by atoms with Crippen molar-refractivity contribution >= 4 is 27.3 Å². The Labute approximate surface area is 96.4 Å². The molecular weight excluding hydrogens is 337 g/mol. The summed E-state index contributed by atoms with van der Waals surface area (Å²) in [6.45, 7) is 0. The van der Waals surface area contributed by atoms with Crippen LogP contribution in [-0.4, -0.2) is 32.6 Å². The van der Waals surface area contributed by atoms with Crippen LogP contribution in [0.1, 0.15) is 0 Å². The molecule has 0 radical (unpaired) electrons. The van der Waals surface area contributed by atoms with Crippen molar-refractivity contribution in [2.75, 3.05) is 14.2 Å². The number of benzene rings is 1. The number of fused-ring (bicyclic) bond motifs is 1. The van der Waals surface area contributed by atoms with E-state index in [-0.39, 0.29) is 0 Å². The van der Waals surface area contributed by atoms with Gasteiger partial charge in [0.2, 0.25) is 0 Å². The zero-order valence-electron chi connectivity index (χ0n) is 8.02. The first-order valence-corrected chi connectivity index (χ1v) is 9.06. The molecule has 82 valence electrons. The third-order valence-corrected chi connectivity index (χ3v) is 6.14. The molecule has 0 unspecified atom stereocenters. The molecule has 0 aliphatic carbocycles. The number of hydrogen-bond acceptors (Lipinski definition) is 4. The molecule has 15 heavy (non-hydrogen) atoms. The summed E-state index contributed by atoms with van der Waals surface area (Å²) in [7, 11) is 9.01. The van der Waals surface area contributed by atoms with E-state index in [1.165, 1.54) is 14.2 Å². The molecule has 1 aliphatic rings. The molecule has 0 N–H and O–H groups in total. The third-order valence-electron chi connectivity index (χ3n) is 1.97. The first-order valence-electron chi connectivity index (χ1n) is 3.99. The van der Waals surface area contributed by atoms with Gasteiger partial charge in [-0.3, -0.25) is 0 Å². The van der Waals surface area contributed by atoms with Crippen LogP contribution in [0.3, 0.4) is 0 Å². The quantitative estimate of drug-likeness (QED) is 0.568. The predicted molar refractivity (Wildman–Crippen MR) is 55.3 cm³/mol. The molecule has 0 atom stereocenters. The molecular formula is C8H8ClNO4Te. The number of halogens is 1. The van der Waals surface area contributed by atoms with Crippen molar-refractivity contribution in [1.82, 2.24) is 4.90 Å². The fourth-order valence-electron chi connectivity index (χ4n) is 1.26. The Morgan fingerprint density at radius 1 is 1.33 bits per heavy atom. The molecule has 2 rings (SSSR count). The van der Waals surface area contributed by atoms with E-state index in [0.717, 1.165) is 3.20 Å². The Kier molecular flexibility index (Phi) is 2.91. The van der Waals surface area contributed by atoms with Crippen LogP contribution in [0.2, 0.25) is 0 Å². The summed E-state index contributed by atoms with van der Waals surface area (Å²) in [6.07, 6.45) is 0. The molecule has 0 amide bonds. The van der Waals surface area contributed by atoms with Crippen molar-refractivity contribution in [3.05, 3.63) is 25.9 Å². The monoisotopic (exact) mass is 347 g/mol. The molecule has 0 aromatic heterocycles. The second kappa shape index (κ2) is 4.05. The van der Waals surface area contributed by atoms with E-state index in [9.17, 15) is 5.21 Å². The summed E-state index contributed by atoms with van der Waals surface area (Å²) in [5.74, 6) is 1.05. The zero-order chi connectivity index (χ0) is 11.0. The van der Waals surface area contributed by atoms with Gasteiger partial charge in [-0.1, -0.05) is 0 Å². The molecule has 0 spiro atoms. The van der Waals surface area contributed by atoms with E-state index in [4.69, 9.17) is 21.6 Å². The average Bonchev–Trinajstić information content (AvgIpc) is 2.52. The van der Waals surface area contributed by atoms with Crippen molar-refractivity contribution in [3.8, 4) is 11.5 Å². The molecule has 7 heteroatoms. The fraction of sp³-hybridized carbons (Fsp3) is 0.250. The summed E-state index contributed by atoms with van der Waals surface area (Å²) < 4.78 is 15.9. The van der Waals surface area contributed by atoms with Crippen LogP contribution in [0.25, 0.3) is 0 Å². The predicted octanol–water partition coefficient (Wildman–Crippen LogP) is 0.197. The van der Waals surface area contributed by atoms with E-state index in [0.29, 0.717) is 21.8 Å². The molecule has 1 aliphatic heterocycles. The number of rotatable bonds is 2. The van der Waals surface area contributed by atoms with Gasteiger partial charge < -0.3 is 0 Å². The normalized spacial score (nSPS) is 14.7. The van der Waals surface area contributed by atoms with Crippen LogP contribution in [-0.2, 0) is 3.20 Å². The summed E-state index contributed by atoms with van der Waals surface area (Å²) in [4.78, 5) is 0.446. The van der Waals surface area contributed by atoms with Gasteiger partial charge >= 0.3 is 96.5 Å². The Morgan fingerprint density at radius 3 is 2.53 bits per heavy atom. The Hall–Kier alpha value is -0.700. The van der Waals surface area contributed by atoms with E-state index in [1.54, 1.807) is 12.1 Å². The Balaban J connectivity index is 2.81. The van der Waals surface area contributed by atoms with Crippen molar-refractivity contribution in [2.45, 2.75) is 0 Å². The average molecular weight is 345 g/mol. The van der Waals surface area contributed by atoms with Gasteiger partial charge in [0, 0.05) is 0 Å². The SMILES string of the molecule is COc1cc2c(cc1OC)=[Te](Cl)O[N+]=2[O-]. The van der Waals surface area contributed by atoms with E-state index >= 15 is 0 Å². The van der Waals surface area contributed by atoms with Gasteiger partial charge in [0.15, 0.2) is 0 Å². The van der Waals surface area contributed by atoms with Crippen LogP contribution in [0.5, 0.6) is 11.5 Å². The van der Waals surface area contributed by atoms with Crippen LogP contribution >= 0.6 is 8.96 Å². The molecule has 1 heterocycles. The number of methoxy groups -OCH3 is 2. The Morgan fingerprint density at radius 2 is 1.93 bits per heavy atom. The standard InChI is InChI=1S/C8H8ClNO4Te/c1-12-6-3-5-8(4-7(6)13-2)15(9)14-10(5)11/h3-4H,1-2H3. The molecule has 0 saturated carbocycles. The van der Waals surface area contributed by atoms with E-state index < -0.39 is 18.4 Å². The second-order valence-electron chi connectivity index (χ2n) is 2.73. The molecule has 0 bridgehead atoms. The maximum atomic E-state index is 11.3. The van der Waals surface area contributed by atoms with Gasteiger partial charge in [-0.15, -0.1) is 0 Å². The number of hydrogen-bond donors (Lipinski definition) is 0. The second-order valence-corrected chi connectivity index (χ2v) is 7.57. The Bertz CT molecular complexity index is 483. The minimum absolute atomic E-state index is 0.416. The van der Waals surface area contributed by atoms with Crippen molar-refractivity contribution < 1.29 is 12.7 Å². The van der Waals surface area contributed by atoms with Crippen LogP contribution in [0, 0.1) is 8.40 Å². The van der Waals surface area contributed by atoms with Crippen molar-refractivity contribution in [1.29, 1.82) is 0 Å². The fourth-order valence-corrected chi connectivity index (χ4v) is 4.65. The van der Waals surface area contributed by atoms with Crippen LogP contribution < -0.4 is 19.7 Å². The van der Waals surface area contributed by atoms with Crippen molar-refractivity contribution in [3.63, 3.8) is 0 Å². The maximum absolute atomic E-state index is 11.3. The first-order chi connectivity index (χ1) is 7.17. The van der Waals surface area contributed by atoms with Gasteiger partial charge in [0.05, 0.1) is 0 Å². The summed E-state index contributed by atoms with van der Waals surface area (Å²) in [5.41, 5.74) is 0. The van der Waals surface area contributed by atoms with Gasteiger partial charge in [-0.05, 0) is 0 Å². The number of ether oxygens (including phenoxy) is 2. The van der Waals surface area contributed by atoms with Gasteiger partial charge in [-0.25, -0.2) is 0 Å². The molecule has 0 saturated heterocycles. The van der Waals surface area contributed by atoms with Crippen LogP contribution in [0.4, 0.5) is 0 Å². The van der Waals surface area contributed by atoms with E-state index in [1.807, 2.05) is 0 Å². The summed E-state index contributed by atoms with van der Waals surface area (Å²) >= 11 is -2.43. The summed E-state index contributed by atoms with van der Waals surface area (Å²) in [6, 6.07) is 3.28. The zero-order valence-corrected chi connectivity index (χ0v) is 11.1. The molecule has 5 nitrogen and oxygen atoms in total. The first kappa shape index (κ1) is 10.8. The van der Waals surface area contributed by atoms with Gasteiger partial charge in [-0.2, -0.15) is 0 Å². The van der Waals surface area contributed by atoms with Gasteiger partial charge in [0.1, 0.15) is 0 Å². The van der Waals surface area contributed by atoms with E-state index in [2.05, 4.69) is 0 Å². The van der Waals surface area contributed by atoms with Gasteiger partial charge in [0.25, 0.3) is 0 Å². The molecule has 1 aromatic carbocycles. The topological polar surface area (TPSA) is 53.8 Å².